The van der Waals surface area contributed by atoms with Gasteiger partial charge in [0.05, 0.1) is 11.4 Å². The van der Waals surface area contributed by atoms with E-state index in [0.29, 0.717) is 5.92 Å². The summed E-state index contributed by atoms with van der Waals surface area (Å²) in [4.78, 5) is 10.0. The lowest BCUT2D eigenvalue weighted by molar-refractivity contribution is 0.730. The molecule has 0 aliphatic heterocycles. The normalized spacial score (nSPS) is 12.1. The Kier molecular flexibility index (Phi) is 8.74. The first-order chi connectivity index (χ1) is 29.2. The van der Waals surface area contributed by atoms with Crippen LogP contribution in [0.4, 0.5) is 0 Å². The van der Waals surface area contributed by atoms with Crippen molar-refractivity contribution >= 4 is 21.5 Å². The number of nitrogens with zero attached hydrogens (tertiary/aromatic N) is 2. The summed E-state index contributed by atoms with van der Waals surface area (Å²) in [6.45, 7) is 0. The molecule has 0 saturated carbocycles. The molecule has 0 radical (unpaired) electrons. The maximum Gasteiger partial charge on any atom is 0.160 e. The van der Waals surface area contributed by atoms with E-state index < -0.39 is 0 Å². The van der Waals surface area contributed by atoms with E-state index in [1.54, 1.807) is 0 Å². The monoisotopic (exact) mass is 752 g/mol. The molecule has 0 atom stereocenters. The average Bonchev–Trinajstić information content (AvgIpc) is 3.64. The Morgan fingerprint density at radius 1 is 0.322 bits per heavy atom. The molecule has 59 heavy (non-hydrogen) atoms. The summed E-state index contributed by atoms with van der Waals surface area (Å²) in [7, 11) is 0. The molecule has 9 aromatic carbocycles. The van der Waals surface area contributed by atoms with Crippen molar-refractivity contribution in [2.24, 2.45) is 0 Å². The van der Waals surface area contributed by atoms with Gasteiger partial charge in [0.25, 0.3) is 0 Å². The van der Waals surface area contributed by atoms with Crippen molar-refractivity contribution in [3.05, 3.63) is 229 Å². The van der Waals surface area contributed by atoms with Crippen LogP contribution < -0.4 is 0 Å². The Balaban J connectivity index is 0.844. The Hall–Kier alpha value is -7.42. The van der Waals surface area contributed by atoms with Crippen molar-refractivity contribution in [1.29, 1.82) is 0 Å². The van der Waals surface area contributed by atoms with Gasteiger partial charge in [0, 0.05) is 22.6 Å². The first-order valence-corrected chi connectivity index (χ1v) is 20.6. The summed E-state index contributed by atoms with van der Waals surface area (Å²) in [5.74, 6) is 1.17. The van der Waals surface area contributed by atoms with Crippen LogP contribution in [0, 0.1) is 0 Å². The van der Waals surface area contributed by atoms with Crippen LogP contribution in [0.3, 0.4) is 0 Å². The molecule has 2 heteroatoms. The van der Waals surface area contributed by atoms with E-state index >= 15 is 0 Å². The number of aryl methyl sites for hydroxylation is 1. The number of aromatic nitrogens is 2. The number of benzene rings is 9. The van der Waals surface area contributed by atoms with Crippen LogP contribution in [0.2, 0.25) is 0 Å². The Bertz CT molecular complexity index is 3060. The number of hydrogen-bond acceptors (Lipinski definition) is 2. The molecule has 0 bridgehead atoms. The van der Waals surface area contributed by atoms with Crippen LogP contribution in [0.15, 0.2) is 212 Å². The van der Waals surface area contributed by atoms with E-state index in [1.807, 2.05) is 24.3 Å². The smallest absolute Gasteiger partial charge is 0.160 e. The fourth-order valence-corrected chi connectivity index (χ4v) is 9.04. The summed E-state index contributed by atoms with van der Waals surface area (Å²) in [6.07, 6.45) is 2.15. The van der Waals surface area contributed by atoms with Crippen molar-refractivity contribution < 1.29 is 0 Å². The highest BCUT2D eigenvalue weighted by Crippen LogP contribution is 2.46. The number of fused-ring (bicyclic) bond motifs is 5. The third-order valence-corrected chi connectivity index (χ3v) is 12.1. The quantitative estimate of drug-likeness (QED) is 0.154. The molecular formula is C57H40N2. The SMILES string of the molecule is c1ccc(-c2cc(-c3ccc4cc(-c5cccc(-c6ccc7cc(CCC8c9ccccc9-c9ccccc98)ccc7c6)c5)ccc4c3)nc(-c3ccccc3)n2)cc1. The molecule has 10 aromatic rings. The van der Waals surface area contributed by atoms with Crippen molar-refractivity contribution in [2.45, 2.75) is 18.8 Å². The van der Waals surface area contributed by atoms with Crippen LogP contribution in [0.25, 0.3) is 88.8 Å². The predicted molar refractivity (Wildman–Crippen MR) is 246 cm³/mol. The van der Waals surface area contributed by atoms with Gasteiger partial charge in [-0.25, -0.2) is 9.97 Å². The van der Waals surface area contributed by atoms with Crippen molar-refractivity contribution in [3.63, 3.8) is 0 Å². The summed E-state index contributed by atoms with van der Waals surface area (Å²) >= 11 is 0. The van der Waals surface area contributed by atoms with Crippen LogP contribution in [-0.4, -0.2) is 9.97 Å². The number of rotatable bonds is 8. The van der Waals surface area contributed by atoms with Crippen LogP contribution in [0.1, 0.15) is 29.0 Å². The molecule has 0 fully saturated rings. The van der Waals surface area contributed by atoms with Gasteiger partial charge in [0.15, 0.2) is 5.82 Å². The van der Waals surface area contributed by atoms with E-state index in [2.05, 4.69) is 188 Å². The maximum atomic E-state index is 5.06. The van der Waals surface area contributed by atoms with Gasteiger partial charge in [-0.2, -0.15) is 0 Å². The lowest BCUT2D eigenvalue weighted by Gasteiger charge is -2.14. The summed E-state index contributed by atoms with van der Waals surface area (Å²) in [5.41, 5.74) is 16.9. The zero-order valence-corrected chi connectivity index (χ0v) is 32.6. The topological polar surface area (TPSA) is 25.8 Å². The molecule has 1 heterocycles. The fraction of sp³-hybridized carbons (Fsp3) is 0.0526. The molecule has 1 aliphatic rings. The highest BCUT2D eigenvalue weighted by Gasteiger charge is 2.27. The van der Waals surface area contributed by atoms with Gasteiger partial charge in [-0.3, -0.25) is 0 Å². The van der Waals surface area contributed by atoms with Crippen molar-refractivity contribution in [1.82, 2.24) is 9.97 Å². The molecule has 0 N–H and O–H groups in total. The molecule has 0 amide bonds. The largest absolute Gasteiger partial charge is 0.228 e. The summed E-state index contributed by atoms with van der Waals surface area (Å²) in [6, 6.07) is 76.8. The van der Waals surface area contributed by atoms with Crippen LogP contribution in [-0.2, 0) is 6.42 Å². The first kappa shape index (κ1) is 34.8. The van der Waals surface area contributed by atoms with Gasteiger partial charge in [0.1, 0.15) is 0 Å². The molecule has 1 aromatic heterocycles. The first-order valence-electron chi connectivity index (χ1n) is 20.6. The molecule has 11 rings (SSSR count). The van der Waals surface area contributed by atoms with Gasteiger partial charge in [-0.1, -0.05) is 182 Å². The van der Waals surface area contributed by atoms with Gasteiger partial charge < -0.3 is 0 Å². The minimum Gasteiger partial charge on any atom is -0.228 e. The lowest BCUT2D eigenvalue weighted by atomic mass is 9.90. The lowest BCUT2D eigenvalue weighted by Crippen LogP contribution is -1.99. The molecule has 0 saturated heterocycles. The Labute approximate surface area is 345 Å². The second kappa shape index (κ2) is 14.8. The Morgan fingerprint density at radius 3 is 1.41 bits per heavy atom. The standard InChI is InChI=1S/C57H40N2/c1-3-12-39(13-4-1)55-37-56(59-57(58-55)40-14-5-2-6-15-40)49-30-29-47-35-46(27-28-48(47)36-49)42-17-11-16-41(33-42)45-26-25-43-32-38(22-24-44(43)34-45)23-31-54-52-20-9-7-18-50(52)51-19-8-10-21-53(51)54/h1-22,24-30,32-37,54H,23,31H2. The second-order valence-corrected chi connectivity index (χ2v) is 15.7. The minimum atomic E-state index is 0.444. The van der Waals surface area contributed by atoms with E-state index in [-0.39, 0.29) is 0 Å². The van der Waals surface area contributed by atoms with Gasteiger partial charge in [-0.05, 0) is 115 Å². The Morgan fingerprint density at radius 2 is 0.780 bits per heavy atom. The molecule has 0 spiro atoms. The van der Waals surface area contributed by atoms with E-state index in [1.165, 1.54) is 71.6 Å². The molecule has 1 aliphatic carbocycles. The third kappa shape index (κ3) is 6.69. The average molecular weight is 753 g/mol. The molecule has 278 valence electrons. The van der Waals surface area contributed by atoms with E-state index in [9.17, 15) is 0 Å². The van der Waals surface area contributed by atoms with Crippen molar-refractivity contribution in [2.75, 3.05) is 0 Å². The van der Waals surface area contributed by atoms with E-state index in [0.717, 1.165) is 46.7 Å². The summed E-state index contributed by atoms with van der Waals surface area (Å²) < 4.78 is 0. The number of hydrogen-bond donors (Lipinski definition) is 0. The van der Waals surface area contributed by atoms with Crippen LogP contribution in [0.5, 0.6) is 0 Å². The van der Waals surface area contributed by atoms with E-state index in [4.69, 9.17) is 9.97 Å². The minimum absolute atomic E-state index is 0.444. The fourth-order valence-electron chi connectivity index (χ4n) is 9.04. The highest BCUT2D eigenvalue weighted by atomic mass is 14.9. The zero-order valence-electron chi connectivity index (χ0n) is 32.6. The van der Waals surface area contributed by atoms with Gasteiger partial charge in [-0.15, -0.1) is 0 Å². The zero-order chi connectivity index (χ0) is 39.1. The summed E-state index contributed by atoms with van der Waals surface area (Å²) in [5, 5.41) is 4.93. The second-order valence-electron chi connectivity index (χ2n) is 15.7. The third-order valence-electron chi connectivity index (χ3n) is 12.1. The maximum absolute atomic E-state index is 5.06. The van der Waals surface area contributed by atoms with Crippen LogP contribution >= 0.6 is 0 Å². The highest BCUT2D eigenvalue weighted by molar-refractivity contribution is 5.92. The van der Waals surface area contributed by atoms with Gasteiger partial charge in [0.2, 0.25) is 0 Å². The predicted octanol–water partition coefficient (Wildman–Crippen LogP) is 14.9. The molecule has 2 nitrogen and oxygen atoms in total. The molecule has 0 unspecified atom stereocenters. The van der Waals surface area contributed by atoms with Crippen molar-refractivity contribution in [3.8, 4) is 67.3 Å². The molecular weight excluding hydrogens is 713 g/mol. The van der Waals surface area contributed by atoms with Gasteiger partial charge >= 0.3 is 0 Å².